The minimum absolute atomic E-state index is 0.213. The van der Waals surface area contributed by atoms with Gasteiger partial charge in [-0.25, -0.2) is 4.98 Å². The summed E-state index contributed by atoms with van der Waals surface area (Å²) in [6.07, 6.45) is 4.16. The molecule has 1 aliphatic rings. The lowest BCUT2D eigenvalue weighted by Gasteiger charge is -2.23. The molecular weight excluding hydrogens is 500 g/mol. The zero-order valence-corrected chi connectivity index (χ0v) is 22.2. The summed E-state index contributed by atoms with van der Waals surface area (Å²) >= 11 is 6.80. The molecule has 1 fully saturated rings. The van der Waals surface area contributed by atoms with Crippen LogP contribution in [0.25, 0.3) is 11.7 Å². The summed E-state index contributed by atoms with van der Waals surface area (Å²) in [4.78, 5) is 33.8. The van der Waals surface area contributed by atoms with Crippen molar-refractivity contribution in [2.75, 3.05) is 11.9 Å². The maximum Gasteiger partial charge on any atom is 0.267 e. The second-order valence-electron chi connectivity index (χ2n) is 8.91. The second-order valence-corrected chi connectivity index (χ2v) is 10.6. The van der Waals surface area contributed by atoms with Gasteiger partial charge in [-0.1, -0.05) is 90.7 Å². The number of thiocarbonyl (C=S) groups is 1. The highest BCUT2D eigenvalue weighted by molar-refractivity contribution is 8.26. The van der Waals surface area contributed by atoms with Crippen LogP contribution in [0.2, 0.25) is 0 Å². The van der Waals surface area contributed by atoms with Crippen LogP contribution in [0.4, 0.5) is 5.82 Å². The van der Waals surface area contributed by atoms with Gasteiger partial charge >= 0.3 is 0 Å². The molecule has 5 rings (SSSR count). The normalized spacial score (nSPS) is 15.5. The zero-order valence-electron chi connectivity index (χ0n) is 20.5. The molecule has 2 aromatic carbocycles. The fraction of sp³-hybridized carbons (Fsp3) is 0.172. The molecule has 1 N–H and O–H groups in total. The summed E-state index contributed by atoms with van der Waals surface area (Å²) in [5, 5.41) is 3.33. The van der Waals surface area contributed by atoms with Gasteiger partial charge < -0.3 is 5.32 Å². The molecule has 6 nitrogen and oxygen atoms in total. The van der Waals surface area contributed by atoms with Crippen molar-refractivity contribution in [3.63, 3.8) is 0 Å². The van der Waals surface area contributed by atoms with Crippen LogP contribution in [-0.4, -0.2) is 31.1 Å². The van der Waals surface area contributed by atoms with Crippen LogP contribution >= 0.6 is 24.0 Å². The molecule has 8 heteroatoms. The monoisotopic (exact) mass is 526 g/mol. The van der Waals surface area contributed by atoms with E-state index >= 15 is 0 Å². The Hall–Kier alpha value is -3.75. The predicted molar refractivity (Wildman–Crippen MR) is 155 cm³/mol. The number of fused-ring (bicyclic) bond motifs is 1. The van der Waals surface area contributed by atoms with Crippen molar-refractivity contribution in [3.8, 4) is 0 Å². The van der Waals surface area contributed by atoms with Crippen LogP contribution in [0.15, 0.2) is 88.7 Å². The Kier molecular flexibility index (Phi) is 7.21. The van der Waals surface area contributed by atoms with E-state index in [0.29, 0.717) is 32.8 Å². The number of aromatic nitrogens is 2. The van der Waals surface area contributed by atoms with Gasteiger partial charge in [-0.05, 0) is 49.1 Å². The molecule has 0 spiro atoms. The van der Waals surface area contributed by atoms with Gasteiger partial charge in [0.25, 0.3) is 11.5 Å². The highest BCUT2D eigenvalue weighted by atomic mass is 32.2. The summed E-state index contributed by atoms with van der Waals surface area (Å²) in [7, 11) is 0. The van der Waals surface area contributed by atoms with Crippen LogP contribution in [0.3, 0.4) is 0 Å². The summed E-state index contributed by atoms with van der Waals surface area (Å²) in [6, 6.07) is 23.4. The summed E-state index contributed by atoms with van der Waals surface area (Å²) in [5.74, 6) is 0.237. The first-order chi connectivity index (χ1) is 17.9. The molecule has 1 saturated heterocycles. The number of thioether (sulfide) groups is 1. The first-order valence-corrected chi connectivity index (χ1v) is 13.3. The number of hydrogen-bond donors (Lipinski definition) is 1. The number of benzene rings is 2. The highest BCUT2D eigenvalue weighted by Crippen LogP contribution is 2.38. The first-order valence-electron chi connectivity index (χ1n) is 12.0. The van der Waals surface area contributed by atoms with Crippen LogP contribution in [0, 0.1) is 6.92 Å². The van der Waals surface area contributed by atoms with Gasteiger partial charge in [0.15, 0.2) is 0 Å². The number of rotatable bonds is 7. The average Bonchev–Trinajstić information content (AvgIpc) is 3.19. The number of pyridine rings is 1. The second kappa shape index (κ2) is 10.7. The molecule has 1 atom stereocenters. The van der Waals surface area contributed by atoms with Crippen molar-refractivity contribution in [1.82, 2.24) is 14.3 Å². The third-order valence-corrected chi connectivity index (χ3v) is 7.65. The highest BCUT2D eigenvalue weighted by Gasteiger charge is 2.36. The molecule has 4 aromatic rings. The lowest BCUT2D eigenvalue weighted by Crippen LogP contribution is -2.31. The SMILES string of the molecule is Cc1ccc2nc(NCCc3ccccc3)c(/C=C3\SC(=S)N([C@@H](C)c4ccccc4)C3=O)c(=O)n2c1. The van der Waals surface area contributed by atoms with Crippen molar-refractivity contribution in [1.29, 1.82) is 0 Å². The average molecular weight is 527 g/mol. The quantitative estimate of drug-likeness (QED) is 0.249. The number of nitrogens with zero attached hydrogens (tertiary/aromatic N) is 3. The smallest absolute Gasteiger partial charge is 0.267 e. The molecular formula is C29H26N4O2S2. The summed E-state index contributed by atoms with van der Waals surface area (Å²) in [5.41, 5.74) is 3.75. The third kappa shape index (κ3) is 5.21. The zero-order chi connectivity index (χ0) is 25.9. The minimum atomic E-state index is -0.239. The van der Waals surface area contributed by atoms with E-state index in [2.05, 4.69) is 17.4 Å². The van der Waals surface area contributed by atoms with Gasteiger partial charge in [0.2, 0.25) is 0 Å². The number of amides is 1. The molecule has 3 heterocycles. The number of carbonyl (C=O) groups excluding carboxylic acids is 1. The lowest BCUT2D eigenvalue weighted by molar-refractivity contribution is -0.123. The van der Waals surface area contributed by atoms with Gasteiger partial charge in [-0.15, -0.1) is 0 Å². The largest absolute Gasteiger partial charge is 0.369 e. The van der Waals surface area contributed by atoms with E-state index in [9.17, 15) is 9.59 Å². The molecule has 2 aromatic heterocycles. The van der Waals surface area contributed by atoms with Crippen molar-refractivity contribution >= 4 is 51.7 Å². The molecule has 0 saturated carbocycles. The van der Waals surface area contributed by atoms with E-state index in [4.69, 9.17) is 17.2 Å². The number of carbonyl (C=O) groups is 1. The lowest BCUT2D eigenvalue weighted by atomic mass is 10.1. The standard InChI is InChI=1S/C29H26N4O2S2/c1-19-13-14-25-31-26(30-16-15-21-9-5-3-6-10-21)23(27(34)32(25)18-19)17-24-28(35)33(29(36)37-24)20(2)22-11-7-4-8-12-22/h3-14,17-18,20,30H,15-16H2,1-2H3/b24-17-/t20-/m0/s1. The Labute approximate surface area is 225 Å². The maximum atomic E-state index is 13.6. The van der Waals surface area contributed by atoms with E-state index in [0.717, 1.165) is 17.5 Å². The van der Waals surface area contributed by atoms with Gasteiger partial charge in [0.05, 0.1) is 16.5 Å². The Bertz CT molecular complexity index is 1570. The van der Waals surface area contributed by atoms with Crippen molar-refractivity contribution in [2.45, 2.75) is 26.3 Å². The predicted octanol–water partition coefficient (Wildman–Crippen LogP) is 5.62. The Balaban J connectivity index is 1.51. The Morgan fingerprint density at radius 2 is 1.73 bits per heavy atom. The molecule has 37 heavy (non-hydrogen) atoms. The van der Waals surface area contributed by atoms with Crippen LogP contribution in [0.1, 0.15) is 35.2 Å². The van der Waals surface area contributed by atoms with E-state index in [1.54, 1.807) is 17.2 Å². The van der Waals surface area contributed by atoms with Crippen molar-refractivity contribution < 1.29 is 4.79 Å². The maximum absolute atomic E-state index is 13.6. The van der Waals surface area contributed by atoms with E-state index < -0.39 is 0 Å². The van der Waals surface area contributed by atoms with Gasteiger partial charge in [-0.3, -0.25) is 18.9 Å². The Morgan fingerprint density at radius 1 is 1.03 bits per heavy atom. The molecule has 1 amide bonds. The van der Waals surface area contributed by atoms with E-state index in [-0.39, 0.29) is 17.5 Å². The minimum Gasteiger partial charge on any atom is -0.369 e. The molecule has 186 valence electrons. The number of aryl methyl sites for hydroxylation is 1. The van der Waals surface area contributed by atoms with Crippen LogP contribution in [-0.2, 0) is 11.2 Å². The first kappa shape index (κ1) is 24.9. The third-order valence-electron chi connectivity index (χ3n) is 6.32. The topological polar surface area (TPSA) is 66.7 Å². The van der Waals surface area contributed by atoms with Crippen LogP contribution in [0.5, 0.6) is 0 Å². The van der Waals surface area contributed by atoms with Crippen molar-refractivity contribution in [2.24, 2.45) is 0 Å². The van der Waals surface area contributed by atoms with E-state index in [1.165, 1.54) is 21.7 Å². The van der Waals surface area contributed by atoms with Gasteiger partial charge in [-0.2, -0.15) is 0 Å². The number of anilines is 1. The number of nitrogens with one attached hydrogen (secondary N) is 1. The summed E-state index contributed by atoms with van der Waals surface area (Å²) in [6.45, 7) is 4.47. The van der Waals surface area contributed by atoms with Gasteiger partial charge in [0, 0.05) is 12.7 Å². The molecule has 0 radical (unpaired) electrons. The van der Waals surface area contributed by atoms with Crippen molar-refractivity contribution in [3.05, 3.63) is 117 Å². The molecule has 1 aliphatic heterocycles. The number of hydrogen-bond acceptors (Lipinski definition) is 6. The fourth-order valence-corrected chi connectivity index (χ4v) is 5.72. The molecule has 0 unspecified atom stereocenters. The van der Waals surface area contributed by atoms with E-state index in [1.807, 2.05) is 74.5 Å². The summed E-state index contributed by atoms with van der Waals surface area (Å²) < 4.78 is 1.99. The molecule has 0 aliphatic carbocycles. The Morgan fingerprint density at radius 3 is 2.46 bits per heavy atom. The van der Waals surface area contributed by atoms with Gasteiger partial charge in [0.1, 0.15) is 15.8 Å². The fourth-order valence-electron chi connectivity index (χ4n) is 4.32. The molecule has 0 bridgehead atoms. The van der Waals surface area contributed by atoms with Crippen LogP contribution < -0.4 is 10.9 Å².